The normalized spacial score (nSPS) is 18.3. The van der Waals surface area contributed by atoms with Crippen molar-refractivity contribution in [3.63, 3.8) is 0 Å². The maximum atomic E-state index is 5.94. The second-order valence-electron chi connectivity index (χ2n) is 4.41. The SMILES string of the molecule is Clc1ccc(C2CCNc3ccccc32)cc1. The van der Waals surface area contributed by atoms with Crippen LogP contribution in [-0.2, 0) is 0 Å². The first kappa shape index (κ1) is 10.7. The standard InChI is InChI=1S/C15H14ClN/c16-12-7-5-11(6-8-12)13-9-10-17-15-4-2-1-3-14(13)15/h1-8,13,17H,9-10H2. The summed E-state index contributed by atoms with van der Waals surface area (Å²) >= 11 is 5.94. The Bertz CT molecular complexity index is 519. The van der Waals surface area contributed by atoms with Crippen LogP contribution in [0.25, 0.3) is 0 Å². The first-order valence-electron chi connectivity index (χ1n) is 5.93. The third-order valence-electron chi connectivity index (χ3n) is 3.36. The van der Waals surface area contributed by atoms with Crippen molar-refractivity contribution in [2.75, 3.05) is 11.9 Å². The molecule has 1 aliphatic heterocycles. The fourth-order valence-corrected chi connectivity index (χ4v) is 2.64. The van der Waals surface area contributed by atoms with Crippen LogP contribution in [0.3, 0.4) is 0 Å². The van der Waals surface area contributed by atoms with Crippen molar-refractivity contribution in [3.05, 3.63) is 64.7 Å². The molecule has 0 radical (unpaired) electrons. The molecule has 3 rings (SSSR count). The Labute approximate surface area is 106 Å². The maximum absolute atomic E-state index is 5.94. The highest BCUT2D eigenvalue weighted by atomic mass is 35.5. The van der Waals surface area contributed by atoms with E-state index in [2.05, 4.69) is 41.7 Å². The number of halogens is 1. The monoisotopic (exact) mass is 243 g/mol. The Morgan fingerprint density at radius 1 is 1.00 bits per heavy atom. The first-order chi connectivity index (χ1) is 8.34. The maximum Gasteiger partial charge on any atom is 0.0406 e. The van der Waals surface area contributed by atoms with Crippen LogP contribution in [0.15, 0.2) is 48.5 Å². The zero-order valence-electron chi connectivity index (χ0n) is 9.49. The molecule has 1 nitrogen and oxygen atoms in total. The van der Waals surface area contributed by atoms with Gasteiger partial charge in [0.05, 0.1) is 0 Å². The molecule has 0 aliphatic carbocycles. The molecule has 0 aromatic heterocycles. The van der Waals surface area contributed by atoms with Crippen LogP contribution in [0.5, 0.6) is 0 Å². The van der Waals surface area contributed by atoms with Gasteiger partial charge in [-0.25, -0.2) is 0 Å². The molecule has 1 unspecified atom stereocenters. The lowest BCUT2D eigenvalue weighted by atomic mass is 9.85. The van der Waals surface area contributed by atoms with Crippen LogP contribution >= 0.6 is 11.6 Å². The van der Waals surface area contributed by atoms with Crippen molar-refractivity contribution in [2.24, 2.45) is 0 Å². The largest absolute Gasteiger partial charge is 0.385 e. The van der Waals surface area contributed by atoms with E-state index in [0.29, 0.717) is 5.92 Å². The summed E-state index contributed by atoms with van der Waals surface area (Å²) < 4.78 is 0. The van der Waals surface area contributed by atoms with Gasteiger partial charge in [0.1, 0.15) is 0 Å². The van der Waals surface area contributed by atoms with Gasteiger partial charge in [-0.3, -0.25) is 0 Å². The number of anilines is 1. The number of hydrogen-bond donors (Lipinski definition) is 1. The van der Waals surface area contributed by atoms with E-state index in [4.69, 9.17) is 11.6 Å². The van der Waals surface area contributed by atoms with Crippen molar-refractivity contribution in [1.82, 2.24) is 0 Å². The van der Waals surface area contributed by atoms with Crippen molar-refractivity contribution >= 4 is 17.3 Å². The molecule has 1 atom stereocenters. The predicted molar refractivity (Wildman–Crippen MR) is 72.8 cm³/mol. The molecule has 0 saturated heterocycles. The van der Waals surface area contributed by atoms with Crippen LogP contribution in [0.1, 0.15) is 23.5 Å². The fourth-order valence-electron chi connectivity index (χ4n) is 2.51. The van der Waals surface area contributed by atoms with E-state index in [1.165, 1.54) is 16.8 Å². The molecular weight excluding hydrogens is 230 g/mol. The zero-order valence-corrected chi connectivity index (χ0v) is 10.2. The van der Waals surface area contributed by atoms with E-state index in [0.717, 1.165) is 18.0 Å². The predicted octanol–water partition coefficient (Wildman–Crippen LogP) is 4.29. The lowest BCUT2D eigenvalue weighted by molar-refractivity contribution is 0.720. The summed E-state index contributed by atoms with van der Waals surface area (Å²) in [5, 5.41) is 4.25. The Kier molecular flexibility index (Phi) is 2.77. The van der Waals surface area contributed by atoms with Crippen LogP contribution in [0.4, 0.5) is 5.69 Å². The van der Waals surface area contributed by atoms with Gasteiger partial charge >= 0.3 is 0 Å². The van der Waals surface area contributed by atoms with E-state index in [-0.39, 0.29) is 0 Å². The molecule has 2 aromatic rings. The first-order valence-corrected chi connectivity index (χ1v) is 6.30. The van der Waals surface area contributed by atoms with E-state index < -0.39 is 0 Å². The van der Waals surface area contributed by atoms with Gasteiger partial charge in [0.15, 0.2) is 0 Å². The summed E-state index contributed by atoms with van der Waals surface area (Å²) in [4.78, 5) is 0. The number of benzene rings is 2. The summed E-state index contributed by atoms with van der Waals surface area (Å²) in [7, 11) is 0. The van der Waals surface area contributed by atoms with Gasteiger partial charge < -0.3 is 5.32 Å². The fraction of sp³-hybridized carbons (Fsp3) is 0.200. The Hall–Kier alpha value is -1.47. The minimum Gasteiger partial charge on any atom is -0.385 e. The Morgan fingerprint density at radius 3 is 2.59 bits per heavy atom. The third-order valence-corrected chi connectivity index (χ3v) is 3.61. The summed E-state index contributed by atoms with van der Waals surface area (Å²) in [6.07, 6.45) is 1.14. The molecule has 0 bridgehead atoms. The molecule has 17 heavy (non-hydrogen) atoms. The third kappa shape index (κ3) is 2.03. The highest BCUT2D eigenvalue weighted by molar-refractivity contribution is 6.30. The second-order valence-corrected chi connectivity index (χ2v) is 4.84. The molecule has 2 heteroatoms. The van der Waals surface area contributed by atoms with Gasteiger partial charge in [0.25, 0.3) is 0 Å². The molecule has 0 saturated carbocycles. The zero-order chi connectivity index (χ0) is 11.7. The Morgan fingerprint density at radius 2 is 1.76 bits per heavy atom. The lowest BCUT2D eigenvalue weighted by Crippen LogP contribution is -2.17. The van der Waals surface area contributed by atoms with Gasteiger partial charge in [-0.05, 0) is 35.7 Å². The van der Waals surface area contributed by atoms with Crippen molar-refractivity contribution in [2.45, 2.75) is 12.3 Å². The summed E-state index contributed by atoms with van der Waals surface area (Å²) in [5.74, 6) is 0.490. The van der Waals surface area contributed by atoms with Crippen LogP contribution < -0.4 is 5.32 Å². The van der Waals surface area contributed by atoms with E-state index >= 15 is 0 Å². The van der Waals surface area contributed by atoms with Gasteiger partial charge in [-0.2, -0.15) is 0 Å². The molecule has 0 fully saturated rings. The molecule has 1 aliphatic rings. The summed E-state index contributed by atoms with van der Waals surface area (Å²) in [5.41, 5.74) is 4.00. The van der Waals surface area contributed by atoms with Crippen LogP contribution in [0.2, 0.25) is 5.02 Å². The van der Waals surface area contributed by atoms with Crippen molar-refractivity contribution in [3.8, 4) is 0 Å². The number of nitrogens with one attached hydrogen (secondary N) is 1. The summed E-state index contributed by atoms with van der Waals surface area (Å²) in [6.45, 7) is 1.03. The van der Waals surface area contributed by atoms with Crippen LogP contribution in [0, 0.1) is 0 Å². The number of rotatable bonds is 1. The summed E-state index contributed by atoms with van der Waals surface area (Å²) in [6, 6.07) is 16.8. The van der Waals surface area contributed by atoms with Gasteiger partial charge in [0, 0.05) is 23.2 Å². The average Bonchev–Trinajstić information content (AvgIpc) is 2.39. The lowest BCUT2D eigenvalue weighted by Gasteiger charge is -2.27. The second kappa shape index (κ2) is 4.42. The topological polar surface area (TPSA) is 12.0 Å². The minimum absolute atomic E-state index is 0.490. The highest BCUT2D eigenvalue weighted by Gasteiger charge is 2.20. The molecule has 1 N–H and O–H groups in total. The molecule has 0 amide bonds. The number of hydrogen-bond acceptors (Lipinski definition) is 1. The van der Waals surface area contributed by atoms with Crippen molar-refractivity contribution < 1.29 is 0 Å². The molecule has 0 spiro atoms. The average molecular weight is 244 g/mol. The van der Waals surface area contributed by atoms with Crippen molar-refractivity contribution in [1.29, 1.82) is 0 Å². The molecular formula is C15H14ClN. The number of fused-ring (bicyclic) bond motifs is 1. The minimum atomic E-state index is 0.490. The van der Waals surface area contributed by atoms with E-state index in [1.54, 1.807) is 0 Å². The van der Waals surface area contributed by atoms with Gasteiger partial charge in [-0.15, -0.1) is 0 Å². The van der Waals surface area contributed by atoms with Crippen LogP contribution in [-0.4, -0.2) is 6.54 Å². The van der Waals surface area contributed by atoms with E-state index in [1.807, 2.05) is 12.1 Å². The highest BCUT2D eigenvalue weighted by Crippen LogP contribution is 2.36. The Balaban J connectivity index is 2.03. The smallest absolute Gasteiger partial charge is 0.0406 e. The van der Waals surface area contributed by atoms with E-state index in [9.17, 15) is 0 Å². The molecule has 1 heterocycles. The molecule has 2 aromatic carbocycles. The van der Waals surface area contributed by atoms with Gasteiger partial charge in [0.2, 0.25) is 0 Å². The number of para-hydroxylation sites is 1. The quantitative estimate of drug-likeness (QED) is 0.788. The molecule has 86 valence electrons. The van der Waals surface area contributed by atoms with Gasteiger partial charge in [-0.1, -0.05) is 41.9 Å².